The van der Waals surface area contributed by atoms with Gasteiger partial charge < -0.3 is 15.8 Å². The first-order chi connectivity index (χ1) is 7.22. The van der Waals surface area contributed by atoms with Crippen LogP contribution in [0.1, 0.15) is 13.3 Å². The molecule has 1 amide bonds. The zero-order valence-corrected chi connectivity index (χ0v) is 9.37. The van der Waals surface area contributed by atoms with E-state index in [1.807, 2.05) is 6.92 Å². The van der Waals surface area contributed by atoms with Gasteiger partial charge in [-0.1, -0.05) is 0 Å². The van der Waals surface area contributed by atoms with Crippen molar-refractivity contribution < 1.29 is 9.53 Å². The molecular weight excluding hydrogens is 194 g/mol. The third-order valence-electron chi connectivity index (χ3n) is 2.37. The Hall–Kier alpha value is -0.650. The van der Waals surface area contributed by atoms with Crippen molar-refractivity contribution in [3.05, 3.63) is 0 Å². The number of nitrogens with one attached hydrogen (secondary N) is 1. The minimum atomic E-state index is 0.0505. The van der Waals surface area contributed by atoms with Crippen molar-refractivity contribution in [3.8, 4) is 0 Å². The first-order valence-electron chi connectivity index (χ1n) is 5.53. The quantitative estimate of drug-likeness (QED) is 0.642. The predicted molar refractivity (Wildman–Crippen MR) is 58.5 cm³/mol. The second kappa shape index (κ2) is 6.76. The van der Waals surface area contributed by atoms with E-state index in [1.54, 1.807) is 0 Å². The minimum Gasteiger partial charge on any atom is -0.377 e. The van der Waals surface area contributed by atoms with Gasteiger partial charge in [-0.2, -0.15) is 0 Å². The summed E-state index contributed by atoms with van der Waals surface area (Å²) in [7, 11) is 0. The maximum Gasteiger partial charge on any atom is 0.234 e. The molecule has 0 spiro atoms. The number of carbonyl (C=O) groups excluding carboxylic acids is 1. The Bertz CT molecular complexity index is 199. The van der Waals surface area contributed by atoms with Crippen LogP contribution in [0.5, 0.6) is 0 Å². The van der Waals surface area contributed by atoms with Gasteiger partial charge in [0.2, 0.25) is 5.91 Å². The summed E-state index contributed by atoms with van der Waals surface area (Å²) in [6, 6.07) is 0. The molecule has 1 atom stereocenters. The summed E-state index contributed by atoms with van der Waals surface area (Å²) in [4.78, 5) is 13.6. The molecule has 0 saturated carbocycles. The van der Waals surface area contributed by atoms with Crippen LogP contribution in [0.25, 0.3) is 0 Å². The molecule has 1 rings (SSSR count). The van der Waals surface area contributed by atoms with Crippen molar-refractivity contribution in [1.82, 2.24) is 10.2 Å². The first-order valence-corrected chi connectivity index (χ1v) is 5.53. The number of hydrogen-bond acceptors (Lipinski definition) is 4. The van der Waals surface area contributed by atoms with Crippen LogP contribution in [0.4, 0.5) is 0 Å². The standard InChI is InChI=1S/C10H21N3O2/c1-9-7-13(5-2-6-15-9)8-10(14)12-4-3-11/h9H,2-8,11H2,1H3,(H,12,14). The second-order valence-corrected chi connectivity index (χ2v) is 3.91. The molecule has 0 aromatic rings. The Morgan fingerprint density at radius 2 is 2.47 bits per heavy atom. The SMILES string of the molecule is CC1CN(CC(=O)NCCN)CCCO1. The molecule has 1 fully saturated rings. The third kappa shape index (κ3) is 5.11. The smallest absolute Gasteiger partial charge is 0.234 e. The minimum absolute atomic E-state index is 0.0505. The van der Waals surface area contributed by atoms with Gasteiger partial charge in [0.1, 0.15) is 0 Å². The summed E-state index contributed by atoms with van der Waals surface area (Å²) in [6.07, 6.45) is 1.21. The molecular formula is C10H21N3O2. The predicted octanol–water partition coefficient (Wildman–Crippen LogP) is -0.828. The zero-order chi connectivity index (χ0) is 11.1. The maximum atomic E-state index is 11.4. The number of ether oxygens (including phenoxy) is 1. The van der Waals surface area contributed by atoms with Crippen LogP contribution >= 0.6 is 0 Å². The average molecular weight is 215 g/mol. The fourth-order valence-electron chi connectivity index (χ4n) is 1.69. The molecule has 3 N–H and O–H groups in total. The summed E-state index contributed by atoms with van der Waals surface area (Å²) in [5.74, 6) is 0.0505. The van der Waals surface area contributed by atoms with Crippen LogP contribution in [0.15, 0.2) is 0 Å². The molecule has 0 bridgehead atoms. The van der Waals surface area contributed by atoms with Crippen LogP contribution in [0.3, 0.4) is 0 Å². The Labute approximate surface area is 90.9 Å². The second-order valence-electron chi connectivity index (χ2n) is 3.91. The Morgan fingerprint density at radius 1 is 1.67 bits per heavy atom. The summed E-state index contributed by atoms with van der Waals surface area (Å²) < 4.78 is 5.50. The van der Waals surface area contributed by atoms with E-state index >= 15 is 0 Å². The van der Waals surface area contributed by atoms with Gasteiger partial charge in [0, 0.05) is 32.8 Å². The van der Waals surface area contributed by atoms with Crippen LogP contribution in [0.2, 0.25) is 0 Å². The summed E-state index contributed by atoms with van der Waals surface area (Å²) in [5.41, 5.74) is 5.31. The Morgan fingerprint density at radius 3 is 3.20 bits per heavy atom. The molecule has 5 heteroatoms. The lowest BCUT2D eigenvalue weighted by molar-refractivity contribution is -0.122. The Balaban J connectivity index is 2.26. The highest BCUT2D eigenvalue weighted by atomic mass is 16.5. The summed E-state index contributed by atoms with van der Waals surface area (Å²) >= 11 is 0. The molecule has 15 heavy (non-hydrogen) atoms. The van der Waals surface area contributed by atoms with Gasteiger partial charge in [-0.3, -0.25) is 9.69 Å². The van der Waals surface area contributed by atoms with Gasteiger partial charge >= 0.3 is 0 Å². The summed E-state index contributed by atoms with van der Waals surface area (Å²) in [6.45, 7) is 6.09. The monoisotopic (exact) mass is 215 g/mol. The lowest BCUT2D eigenvalue weighted by Crippen LogP contribution is -2.41. The van der Waals surface area contributed by atoms with E-state index in [0.717, 1.165) is 26.1 Å². The van der Waals surface area contributed by atoms with Crippen LogP contribution in [-0.4, -0.2) is 56.2 Å². The fraction of sp³-hybridized carbons (Fsp3) is 0.900. The van der Waals surface area contributed by atoms with E-state index in [1.165, 1.54) is 0 Å². The van der Waals surface area contributed by atoms with E-state index in [4.69, 9.17) is 10.5 Å². The molecule has 88 valence electrons. The lowest BCUT2D eigenvalue weighted by atomic mass is 10.3. The van der Waals surface area contributed by atoms with Crippen LogP contribution < -0.4 is 11.1 Å². The number of nitrogens with zero attached hydrogens (tertiary/aromatic N) is 1. The van der Waals surface area contributed by atoms with E-state index < -0.39 is 0 Å². The van der Waals surface area contributed by atoms with Crippen molar-refractivity contribution >= 4 is 5.91 Å². The third-order valence-corrected chi connectivity index (χ3v) is 2.37. The maximum absolute atomic E-state index is 11.4. The molecule has 0 aromatic carbocycles. The van der Waals surface area contributed by atoms with Gasteiger partial charge in [-0.15, -0.1) is 0 Å². The highest BCUT2D eigenvalue weighted by Gasteiger charge is 2.16. The van der Waals surface area contributed by atoms with Crippen molar-refractivity contribution in [2.45, 2.75) is 19.4 Å². The number of amides is 1. The normalized spacial score (nSPS) is 23.5. The highest BCUT2D eigenvalue weighted by molar-refractivity contribution is 5.77. The van der Waals surface area contributed by atoms with E-state index in [-0.39, 0.29) is 12.0 Å². The molecule has 0 aliphatic carbocycles. The number of hydrogen-bond donors (Lipinski definition) is 2. The van der Waals surface area contributed by atoms with Crippen molar-refractivity contribution in [2.75, 3.05) is 39.3 Å². The Kier molecular flexibility index (Phi) is 5.60. The van der Waals surface area contributed by atoms with Crippen molar-refractivity contribution in [3.63, 3.8) is 0 Å². The van der Waals surface area contributed by atoms with Gasteiger partial charge in [0.15, 0.2) is 0 Å². The van der Waals surface area contributed by atoms with Crippen LogP contribution in [-0.2, 0) is 9.53 Å². The molecule has 1 unspecified atom stereocenters. The highest BCUT2D eigenvalue weighted by Crippen LogP contribution is 2.04. The van der Waals surface area contributed by atoms with Gasteiger partial charge in [-0.05, 0) is 13.3 Å². The number of carbonyl (C=O) groups is 1. The molecule has 0 radical (unpaired) electrons. The molecule has 1 saturated heterocycles. The van der Waals surface area contributed by atoms with E-state index in [2.05, 4.69) is 10.2 Å². The van der Waals surface area contributed by atoms with Crippen molar-refractivity contribution in [1.29, 1.82) is 0 Å². The first kappa shape index (κ1) is 12.4. The van der Waals surface area contributed by atoms with E-state index in [0.29, 0.717) is 19.6 Å². The molecule has 1 aliphatic rings. The topological polar surface area (TPSA) is 67.6 Å². The molecule has 1 aliphatic heterocycles. The average Bonchev–Trinajstić information content (AvgIpc) is 2.39. The largest absolute Gasteiger partial charge is 0.377 e. The number of nitrogens with two attached hydrogens (primary N) is 1. The van der Waals surface area contributed by atoms with Gasteiger partial charge in [0.05, 0.1) is 12.6 Å². The molecule has 5 nitrogen and oxygen atoms in total. The van der Waals surface area contributed by atoms with Gasteiger partial charge in [-0.25, -0.2) is 0 Å². The van der Waals surface area contributed by atoms with Crippen molar-refractivity contribution in [2.24, 2.45) is 5.73 Å². The molecule has 1 heterocycles. The van der Waals surface area contributed by atoms with E-state index in [9.17, 15) is 4.79 Å². The summed E-state index contributed by atoms with van der Waals surface area (Å²) in [5, 5.41) is 2.77. The number of rotatable bonds is 4. The van der Waals surface area contributed by atoms with Gasteiger partial charge in [0.25, 0.3) is 0 Å². The van der Waals surface area contributed by atoms with Crippen LogP contribution in [0, 0.1) is 0 Å². The molecule has 0 aromatic heterocycles. The zero-order valence-electron chi connectivity index (χ0n) is 9.37. The lowest BCUT2D eigenvalue weighted by Gasteiger charge is -2.20. The fourth-order valence-corrected chi connectivity index (χ4v) is 1.69.